The predicted octanol–water partition coefficient (Wildman–Crippen LogP) is 3.41. The lowest BCUT2D eigenvalue weighted by atomic mass is 10.0. The zero-order valence-electron chi connectivity index (χ0n) is 9.97. The number of aliphatic hydroxyl groups is 1. The van der Waals surface area contributed by atoms with E-state index in [-0.39, 0.29) is 6.10 Å². The van der Waals surface area contributed by atoms with Crippen LogP contribution in [-0.4, -0.2) is 21.6 Å². The highest BCUT2D eigenvalue weighted by Crippen LogP contribution is 2.25. The van der Waals surface area contributed by atoms with Crippen LogP contribution in [0.15, 0.2) is 36.5 Å². The molecular formula is C14H17NOS. The zero-order chi connectivity index (χ0) is 12.1. The molecule has 1 N–H and O–H groups in total. The number of benzene rings is 1. The molecule has 17 heavy (non-hydrogen) atoms. The number of nitrogens with zero attached hydrogens (tertiary/aromatic N) is 1. The van der Waals surface area contributed by atoms with Crippen LogP contribution in [0.3, 0.4) is 0 Å². The number of hydrogen-bond donors (Lipinski definition) is 1. The van der Waals surface area contributed by atoms with Crippen LogP contribution >= 0.6 is 11.8 Å². The van der Waals surface area contributed by atoms with E-state index in [1.807, 2.05) is 42.1 Å². The average Bonchev–Trinajstić information content (AvgIpc) is 2.38. The summed E-state index contributed by atoms with van der Waals surface area (Å²) in [5, 5.41) is 11.3. The smallest absolute Gasteiger partial charge is 0.0804 e. The van der Waals surface area contributed by atoms with Crippen LogP contribution in [0.5, 0.6) is 0 Å². The quantitative estimate of drug-likeness (QED) is 0.822. The third-order valence-corrected chi connectivity index (χ3v) is 3.71. The fraction of sp³-hybridized carbons (Fsp3) is 0.357. The Kier molecular flexibility index (Phi) is 4.40. The predicted molar refractivity (Wildman–Crippen MR) is 74.3 cm³/mol. The third kappa shape index (κ3) is 2.99. The molecule has 2 nitrogen and oxygen atoms in total. The fourth-order valence-corrected chi connectivity index (χ4v) is 2.59. The van der Waals surface area contributed by atoms with E-state index in [1.54, 1.807) is 6.20 Å². The number of thioether (sulfide) groups is 1. The molecule has 0 saturated heterocycles. The molecule has 2 rings (SSSR count). The fourth-order valence-electron chi connectivity index (χ4n) is 1.91. The molecule has 1 aromatic heterocycles. The number of fused-ring (bicyclic) bond motifs is 1. The highest BCUT2D eigenvalue weighted by atomic mass is 32.2. The SMILES string of the molecule is CCSCCC(O)c1cccc2ncccc12. The maximum Gasteiger partial charge on any atom is 0.0804 e. The Morgan fingerprint density at radius 2 is 2.18 bits per heavy atom. The summed E-state index contributed by atoms with van der Waals surface area (Å²) in [7, 11) is 0. The molecule has 0 amide bonds. The molecule has 0 fully saturated rings. The first kappa shape index (κ1) is 12.4. The molecule has 1 atom stereocenters. The molecular weight excluding hydrogens is 230 g/mol. The second kappa shape index (κ2) is 6.03. The molecule has 0 aliphatic heterocycles. The topological polar surface area (TPSA) is 33.1 Å². The molecule has 2 aromatic rings. The van der Waals surface area contributed by atoms with Gasteiger partial charge in [0.1, 0.15) is 0 Å². The minimum atomic E-state index is -0.387. The highest BCUT2D eigenvalue weighted by molar-refractivity contribution is 7.99. The first-order valence-corrected chi connectivity index (χ1v) is 7.08. The number of aliphatic hydroxyl groups excluding tert-OH is 1. The summed E-state index contributed by atoms with van der Waals surface area (Å²) in [5.74, 6) is 2.10. The summed E-state index contributed by atoms with van der Waals surface area (Å²) in [6.45, 7) is 2.14. The van der Waals surface area contributed by atoms with E-state index >= 15 is 0 Å². The van der Waals surface area contributed by atoms with E-state index in [9.17, 15) is 5.11 Å². The Morgan fingerprint density at radius 1 is 1.29 bits per heavy atom. The molecule has 0 saturated carbocycles. The summed E-state index contributed by atoms with van der Waals surface area (Å²) in [6, 6.07) is 9.87. The molecule has 0 aliphatic carbocycles. The molecule has 0 radical (unpaired) electrons. The van der Waals surface area contributed by atoms with E-state index in [2.05, 4.69) is 11.9 Å². The van der Waals surface area contributed by atoms with Crippen LogP contribution in [0.2, 0.25) is 0 Å². The minimum Gasteiger partial charge on any atom is -0.388 e. The van der Waals surface area contributed by atoms with Crippen molar-refractivity contribution in [3.63, 3.8) is 0 Å². The van der Waals surface area contributed by atoms with Gasteiger partial charge in [0.25, 0.3) is 0 Å². The summed E-state index contributed by atoms with van der Waals surface area (Å²) in [4.78, 5) is 4.30. The molecule has 0 bridgehead atoms. The van der Waals surface area contributed by atoms with E-state index in [0.717, 1.165) is 34.4 Å². The van der Waals surface area contributed by atoms with Gasteiger partial charge < -0.3 is 5.11 Å². The van der Waals surface area contributed by atoms with Crippen molar-refractivity contribution in [2.75, 3.05) is 11.5 Å². The molecule has 1 unspecified atom stereocenters. The van der Waals surface area contributed by atoms with E-state index in [1.165, 1.54) is 0 Å². The van der Waals surface area contributed by atoms with Gasteiger partial charge in [-0.15, -0.1) is 0 Å². The Bertz CT molecular complexity index is 481. The second-order valence-corrected chi connectivity index (χ2v) is 5.31. The van der Waals surface area contributed by atoms with E-state index in [4.69, 9.17) is 0 Å². The van der Waals surface area contributed by atoms with Crippen molar-refractivity contribution < 1.29 is 5.11 Å². The number of pyridine rings is 1. The Balaban J connectivity index is 2.22. The lowest BCUT2D eigenvalue weighted by Gasteiger charge is -2.12. The number of aromatic nitrogens is 1. The zero-order valence-corrected chi connectivity index (χ0v) is 10.8. The number of rotatable bonds is 5. The van der Waals surface area contributed by atoms with Gasteiger partial charge in [-0.25, -0.2) is 0 Å². The Labute approximate surface area is 106 Å². The third-order valence-electron chi connectivity index (χ3n) is 2.78. The largest absolute Gasteiger partial charge is 0.388 e. The summed E-state index contributed by atoms with van der Waals surface area (Å²) in [6.07, 6.45) is 2.19. The van der Waals surface area contributed by atoms with Gasteiger partial charge >= 0.3 is 0 Å². The monoisotopic (exact) mass is 247 g/mol. The van der Waals surface area contributed by atoms with Crippen molar-refractivity contribution in [2.24, 2.45) is 0 Å². The maximum atomic E-state index is 10.2. The van der Waals surface area contributed by atoms with E-state index in [0.29, 0.717) is 0 Å². The second-order valence-electron chi connectivity index (χ2n) is 3.92. The van der Waals surface area contributed by atoms with Crippen molar-refractivity contribution in [1.82, 2.24) is 4.98 Å². The van der Waals surface area contributed by atoms with Gasteiger partial charge in [0.05, 0.1) is 11.6 Å². The summed E-state index contributed by atoms with van der Waals surface area (Å²) in [5.41, 5.74) is 1.94. The molecule has 0 spiro atoms. The van der Waals surface area contributed by atoms with Gasteiger partial charge in [-0.1, -0.05) is 25.1 Å². The molecule has 1 aromatic carbocycles. The first-order chi connectivity index (χ1) is 8.33. The van der Waals surface area contributed by atoms with Gasteiger partial charge in [-0.2, -0.15) is 11.8 Å². The van der Waals surface area contributed by atoms with Crippen LogP contribution in [0.1, 0.15) is 25.0 Å². The van der Waals surface area contributed by atoms with E-state index < -0.39 is 0 Å². The molecule has 90 valence electrons. The van der Waals surface area contributed by atoms with Gasteiger partial charge in [0.2, 0.25) is 0 Å². The van der Waals surface area contributed by atoms with Crippen molar-refractivity contribution in [2.45, 2.75) is 19.4 Å². The summed E-state index contributed by atoms with van der Waals surface area (Å²) >= 11 is 1.86. The molecule has 3 heteroatoms. The number of hydrogen-bond acceptors (Lipinski definition) is 3. The van der Waals surface area contributed by atoms with Gasteiger partial charge in [0.15, 0.2) is 0 Å². The van der Waals surface area contributed by atoms with Crippen molar-refractivity contribution in [3.8, 4) is 0 Å². The normalized spacial score (nSPS) is 12.8. The Morgan fingerprint density at radius 3 is 3.00 bits per heavy atom. The molecule has 0 aliphatic rings. The van der Waals surface area contributed by atoms with Crippen molar-refractivity contribution >= 4 is 22.7 Å². The molecule has 1 heterocycles. The van der Waals surface area contributed by atoms with Crippen LogP contribution in [-0.2, 0) is 0 Å². The van der Waals surface area contributed by atoms with Gasteiger partial charge in [0, 0.05) is 11.6 Å². The van der Waals surface area contributed by atoms with Gasteiger partial charge in [-0.05, 0) is 35.6 Å². The summed E-state index contributed by atoms with van der Waals surface area (Å²) < 4.78 is 0. The maximum absolute atomic E-state index is 10.2. The average molecular weight is 247 g/mol. The van der Waals surface area contributed by atoms with Crippen LogP contribution in [0, 0.1) is 0 Å². The Hall–Kier alpha value is -1.06. The van der Waals surface area contributed by atoms with Gasteiger partial charge in [-0.3, -0.25) is 4.98 Å². The van der Waals surface area contributed by atoms with Crippen LogP contribution < -0.4 is 0 Å². The lowest BCUT2D eigenvalue weighted by Crippen LogP contribution is -2.00. The van der Waals surface area contributed by atoms with Crippen molar-refractivity contribution in [1.29, 1.82) is 0 Å². The standard InChI is InChI=1S/C14H17NOS/c1-2-17-10-8-14(16)12-5-3-7-13-11(12)6-4-9-15-13/h3-7,9,14,16H,2,8,10H2,1H3. The van der Waals surface area contributed by atoms with Crippen LogP contribution in [0.4, 0.5) is 0 Å². The van der Waals surface area contributed by atoms with Crippen LogP contribution in [0.25, 0.3) is 10.9 Å². The lowest BCUT2D eigenvalue weighted by molar-refractivity contribution is 0.176. The van der Waals surface area contributed by atoms with Crippen molar-refractivity contribution in [3.05, 3.63) is 42.1 Å². The minimum absolute atomic E-state index is 0.387. The first-order valence-electron chi connectivity index (χ1n) is 5.92. The highest BCUT2D eigenvalue weighted by Gasteiger charge is 2.10.